The summed E-state index contributed by atoms with van der Waals surface area (Å²) in [5.74, 6) is 1.02. The van der Waals surface area contributed by atoms with Gasteiger partial charge in [-0.05, 0) is 43.2 Å². The molecule has 0 bridgehead atoms. The number of carbonyl (C=O) groups excluding carboxylic acids is 1. The van der Waals surface area contributed by atoms with Crippen LogP contribution in [0.25, 0.3) is 0 Å². The monoisotopic (exact) mass is 421 g/mol. The molecular formula is C24H27N3O4. The SMILES string of the molecule is Cc1ccccc1OCc1c(C(=O)Nc2cccc(CN3CCOCC3)c2)noc1C. The topological polar surface area (TPSA) is 76.8 Å². The Morgan fingerprint density at radius 3 is 2.74 bits per heavy atom. The number of ether oxygens (including phenoxy) is 2. The molecule has 0 aliphatic carbocycles. The first kappa shape index (κ1) is 21.1. The van der Waals surface area contributed by atoms with Crippen molar-refractivity contribution in [2.45, 2.75) is 27.0 Å². The Hall–Kier alpha value is -3.16. The predicted octanol–water partition coefficient (Wildman–Crippen LogP) is 3.95. The van der Waals surface area contributed by atoms with E-state index < -0.39 is 0 Å². The molecule has 7 heteroatoms. The molecule has 0 spiro atoms. The largest absolute Gasteiger partial charge is 0.488 e. The van der Waals surface area contributed by atoms with Gasteiger partial charge in [0.1, 0.15) is 18.1 Å². The highest BCUT2D eigenvalue weighted by Crippen LogP contribution is 2.22. The van der Waals surface area contributed by atoms with Crippen molar-refractivity contribution < 1.29 is 18.8 Å². The number of hydrogen-bond acceptors (Lipinski definition) is 6. The molecule has 1 aromatic heterocycles. The maximum Gasteiger partial charge on any atom is 0.278 e. The lowest BCUT2D eigenvalue weighted by Crippen LogP contribution is -2.35. The summed E-state index contributed by atoms with van der Waals surface area (Å²) in [5.41, 5.74) is 3.77. The third-order valence-corrected chi connectivity index (χ3v) is 5.36. The highest BCUT2D eigenvalue weighted by molar-refractivity contribution is 6.03. The zero-order valence-corrected chi connectivity index (χ0v) is 17.9. The first-order valence-corrected chi connectivity index (χ1v) is 10.4. The van der Waals surface area contributed by atoms with E-state index in [-0.39, 0.29) is 18.2 Å². The van der Waals surface area contributed by atoms with E-state index in [1.54, 1.807) is 6.92 Å². The summed E-state index contributed by atoms with van der Waals surface area (Å²) in [7, 11) is 0. The summed E-state index contributed by atoms with van der Waals surface area (Å²) in [6.45, 7) is 8.14. The number of anilines is 1. The molecule has 1 saturated heterocycles. The van der Waals surface area contributed by atoms with Gasteiger partial charge in [-0.2, -0.15) is 0 Å². The van der Waals surface area contributed by atoms with Crippen LogP contribution in [0.2, 0.25) is 0 Å². The highest BCUT2D eigenvalue weighted by Gasteiger charge is 2.21. The highest BCUT2D eigenvalue weighted by atomic mass is 16.5. The number of hydrogen-bond donors (Lipinski definition) is 1. The Balaban J connectivity index is 1.43. The van der Waals surface area contributed by atoms with E-state index in [9.17, 15) is 4.79 Å². The lowest BCUT2D eigenvalue weighted by molar-refractivity contribution is 0.0342. The van der Waals surface area contributed by atoms with Gasteiger partial charge < -0.3 is 19.3 Å². The van der Waals surface area contributed by atoms with Crippen molar-refractivity contribution >= 4 is 11.6 Å². The second-order valence-corrected chi connectivity index (χ2v) is 7.66. The number of aromatic nitrogens is 1. The van der Waals surface area contributed by atoms with Crippen LogP contribution in [0.4, 0.5) is 5.69 Å². The van der Waals surface area contributed by atoms with E-state index in [4.69, 9.17) is 14.0 Å². The number of carbonyl (C=O) groups is 1. The van der Waals surface area contributed by atoms with Crippen LogP contribution >= 0.6 is 0 Å². The maximum absolute atomic E-state index is 12.9. The molecule has 1 aliphatic rings. The van der Waals surface area contributed by atoms with Crippen LogP contribution in [-0.4, -0.2) is 42.3 Å². The smallest absolute Gasteiger partial charge is 0.278 e. The fourth-order valence-corrected chi connectivity index (χ4v) is 3.56. The average Bonchev–Trinajstić information content (AvgIpc) is 3.15. The van der Waals surface area contributed by atoms with Gasteiger partial charge in [-0.1, -0.05) is 35.5 Å². The van der Waals surface area contributed by atoms with E-state index in [2.05, 4.69) is 21.4 Å². The molecule has 4 rings (SSSR count). The Bertz CT molecular complexity index is 1040. The quantitative estimate of drug-likeness (QED) is 0.622. The molecule has 7 nitrogen and oxygen atoms in total. The van der Waals surface area contributed by atoms with Gasteiger partial charge in [0, 0.05) is 25.3 Å². The second-order valence-electron chi connectivity index (χ2n) is 7.66. The van der Waals surface area contributed by atoms with E-state index >= 15 is 0 Å². The lowest BCUT2D eigenvalue weighted by atomic mass is 10.1. The predicted molar refractivity (Wildman–Crippen MR) is 117 cm³/mol. The number of amides is 1. The summed E-state index contributed by atoms with van der Waals surface area (Å²) >= 11 is 0. The van der Waals surface area contributed by atoms with Gasteiger partial charge in [0.2, 0.25) is 0 Å². The van der Waals surface area contributed by atoms with Gasteiger partial charge in [-0.3, -0.25) is 9.69 Å². The molecule has 162 valence electrons. The summed E-state index contributed by atoms with van der Waals surface area (Å²) in [6, 6.07) is 15.6. The average molecular weight is 421 g/mol. The minimum absolute atomic E-state index is 0.208. The molecule has 1 aliphatic heterocycles. The second kappa shape index (κ2) is 9.76. The van der Waals surface area contributed by atoms with Gasteiger partial charge in [-0.15, -0.1) is 0 Å². The molecule has 2 aromatic carbocycles. The van der Waals surface area contributed by atoms with Crippen LogP contribution in [0.1, 0.15) is 32.9 Å². The van der Waals surface area contributed by atoms with E-state index in [0.717, 1.165) is 55.4 Å². The Labute approximate surface area is 181 Å². The zero-order valence-electron chi connectivity index (χ0n) is 17.9. The van der Waals surface area contributed by atoms with Crippen LogP contribution in [-0.2, 0) is 17.9 Å². The zero-order chi connectivity index (χ0) is 21.6. The third-order valence-electron chi connectivity index (χ3n) is 5.36. The standard InChI is InChI=1S/C24H27N3O4/c1-17-6-3-4-9-22(17)30-16-21-18(2)31-26-23(21)24(28)25-20-8-5-7-19(14-20)15-27-10-12-29-13-11-27/h3-9,14H,10-13,15-16H2,1-2H3,(H,25,28). The summed E-state index contributed by atoms with van der Waals surface area (Å²) in [5, 5.41) is 6.91. The number of benzene rings is 2. The molecule has 0 unspecified atom stereocenters. The van der Waals surface area contributed by atoms with Gasteiger partial charge in [-0.25, -0.2) is 0 Å². The molecule has 1 N–H and O–H groups in total. The van der Waals surface area contributed by atoms with E-state index in [1.807, 2.05) is 49.4 Å². The van der Waals surface area contributed by atoms with Crippen LogP contribution in [0, 0.1) is 13.8 Å². The van der Waals surface area contributed by atoms with Crippen LogP contribution in [0.3, 0.4) is 0 Å². The molecule has 31 heavy (non-hydrogen) atoms. The number of nitrogens with zero attached hydrogens (tertiary/aromatic N) is 2. The fraction of sp³-hybridized carbons (Fsp3) is 0.333. The minimum Gasteiger partial charge on any atom is -0.488 e. The molecule has 0 atom stereocenters. The van der Waals surface area contributed by atoms with Gasteiger partial charge in [0.15, 0.2) is 5.69 Å². The van der Waals surface area contributed by atoms with Crippen molar-refractivity contribution in [3.63, 3.8) is 0 Å². The third kappa shape index (κ3) is 5.31. The maximum atomic E-state index is 12.9. The molecule has 1 amide bonds. The number of rotatable bonds is 7. The van der Waals surface area contributed by atoms with Crippen LogP contribution in [0.15, 0.2) is 53.1 Å². The fourth-order valence-electron chi connectivity index (χ4n) is 3.56. The Kier molecular flexibility index (Phi) is 6.64. The summed E-state index contributed by atoms with van der Waals surface area (Å²) < 4.78 is 16.6. The van der Waals surface area contributed by atoms with Gasteiger partial charge in [0.25, 0.3) is 5.91 Å². The molecule has 1 fully saturated rings. The minimum atomic E-state index is -0.316. The molecule has 2 heterocycles. The molecular weight excluding hydrogens is 394 g/mol. The normalized spacial score (nSPS) is 14.4. The Morgan fingerprint density at radius 2 is 1.94 bits per heavy atom. The van der Waals surface area contributed by atoms with E-state index in [0.29, 0.717) is 11.3 Å². The van der Waals surface area contributed by atoms with E-state index in [1.165, 1.54) is 0 Å². The Morgan fingerprint density at radius 1 is 1.13 bits per heavy atom. The summed E-state index contributed by atoms with van der Waals surface area (Å²) in [6.07, 6.45) is 0. The first-order chi connectivity index (χ1) is 15.1. The number of morpholine rings is 1. The molecule has 0 saturated carbocycles. The lowest BCUT2D eigenvalue weighted by Gasteiger charge is -2.26. The number of para-hydroxylation sites is 1. The van der Waals surface area contributed by atoms with Gasteiger partial charge in [0.05, 0.1) is 18.8 Å². The van der Waals surface area contributed by atoms with Crippen molar-refractivity contribution in [1.82, 2.24) is 10.1 Å². The summed E-state index contributed by atoms with van der Waals surface area (Å²) in [4.78, 5) is 15.3. The van der Waals surface area contributed by atoms with Crippen LogP contribution in [0.5, 0.6) is 5.75 Å². The number of nitrogens with one attached hydrogen (secondary N) is 1. The van der Waals surface area contributed by atoms with Crippen LogP contribution < -0.4 is 10.1 Å². The van der Waals surface area contributed by atoms with Crippen molar-refractivity contribution in [2.75, 3.05) is 31.6 Å². The van der Waals surface area contributed by atoms with Crippen molar-refractivity contribution in [3.8, 4) is 5.75 Å². The number of aryl methyl sites for hydroxylation is 2. The molecule has 0 radical (unpaired) electrons. The van der Waals surface area contributed by atoms with Crippen molar-refractivity contribution in [3.05, 3.63) is 76.7 Å². The molecule has 3 aromatic rings. The van der Waals surface area contributed by atoms with Crippen molar-refractivity contribution in [2.24, 2.45) is 0 Å². The van der Waals surface area contributed by atoms with Crippen molar-refractivity contribution in [1.29, 1.82) is 0 Å². The van der Waals surface area contributed by atoms with Gasteiger partial charge >= 0.3 is 0 Å². The first-order valence-electron chi connectivity index (χ1n) is 10.4.